The second-order valence-corrected chi connectivity index (χ2v) is 13.1. The quantitative estimate of drug-likeness (QED) is 0.224. The molecule has 5 aromatic rings. The number of fused-ring (bicyclic) bond motifs is 3. The molecular formula is C38H44N4O2. The number of aromatic nitrogens is 2. The van der Waals surface area contributed by atoms with Gasteiger partial charge in [0.25, 0.3) is 0 Å². The van der Waals surface area contributed by atoms with Gasteiger partial charge in [-0.25, -0.2) is 0 Å². The highest BCUT2D eigenvalue weighted by Crippen LogP contribution is 2.48. The SMILES string of the molecule is Cc1nc2c(C)cccc2c(N2CC(C)(C)c3ccc(N4CCOCC4)cc32)c1C.Cc1nc2c(C)cccc2c(O)c1C. The monoisotopic (exact) mass is 588 g/mol. The van der Waals surface area contributed by atoms with Gasteiger partial charge in [-0.05, 0) is 82.0 Å². The van der Waals surface area contributed by atoms with E-state index >= 15 is 0 Å². The van der Waals surface area contributed by atoms with Crippen molar-refractivity contribution in [2.45, 2.75) is 60.8 Å². The van der Waals surface area contributed by atoms with E-state index in [1.807, 2.05) is 39.0 Å². The standard InChI is InChI=1S/C26H31N3O.C12H13NO/c1-17-7-6-8-21-24(17)27-19(3)18(2)25(21)29-16-26(4,5)22-10-9-20(15-23(22)29)28-11-13-30-14-12-28;1-7-5-4-6-10-11(7)13-9(3)8(2)12(10)14/h6-10,15H,11-14,16H2,1-5H3;4-6H,1-3H3,(H,13,14). The van der Waals surface area contributed by atoms with Gasteiger partial charge in [0.15, 0.2) is 0 Å². The Bertz CT molecular complexity index is 1890. The van der Waals surface area contributed by atoms with E-state index in [2.05, 4.69) is 85.8 Å². The number of para-hydroxylation sites is 2. The van der Waals surface area contributed by atoms with Gasteiger partial charge in [0, 0.05) is 64.1 Å². The maximum atomic E-state index is 9.92. The molecule has 7 rings (SSSR count). The minimum absolute atomic E-state index is 0.0959. The largest absolute Gasteiger partial charge is 0.507 e. The number of morpholine rings is 1. The van der Waals surface area contributed by atoms with Crippen LogP contribution in [-0.4, -0.2) is 47.9 Å². The molecule has 44 heavy (non-hydrogen) atoms. The Hall–Kier alpha value is -4.16. The maximum absolute atomic E-state index is 9.92. The van der Waals surface area contributed by atoms with Gasteiger partial charge in [-0.15, -0.1) is 0 Å². The lowest BCUT2D eigenvalue weighted by atomic mass is 9.87. The van der Waals surface area contributed by atoms with Gasteiger partial charge in [-0.1, -0.05) is 50.2 Å². The minimum atomic E-state index is 0.0959. The van der Waals surface area contributed by atoms with Crippen molar-refractivity contribution in [2.24, 2.45) is 0 Å². The predicted molar refractivity (Wildman–Crippen MR) is 183 cm³/mol. The lowest BCUT2D eigenvalue weighted by molar-refractivity contribution is 0.122. The van der Waals surface area contributed by atoms with Crippen LogP contribution in [0.5, 0.6) is 5.75 Å². The highest BCUT2D eigenvalue weighted by atomic mass is 16.5. The minimum Gasteiger partial charge on any atom is -0.507 e. The molecule has 6 nitrogen and oxygen atoms in total. The lowest BCUT2D eigenvalue weighted by Crippen LogP contribution is -2.36. The molecule has 0 unspecified atom stereocenters. The fraction of sp³-hybridized carbons (Fsp3) is 0.368. The first-order valence-electron chi connectivity index (χ1n) is 15.6. The van der Waals surface area contributed by atoms with Crippen LogP contribution in [-0.2, 0) is 10.2 Å². The molecule has 0 saturated carbocycles. The molecule has 2 aliphatic heterocycles. The molecule has 1 saturated heterocycles. The van der Waals surface area contributed by atoms with Crippen LogP contribution >= 0.6 is 0 Å². The Kier molecular flexibility index (Phi) is 7.75. The normalized spacial score (nSPS) is 15.8. The Balaban J connectivity index is 0.000000205. The molecule has 1 N–H and O–H groups in total. The number of hydrogen-bond acceptors (Lipinski definition) is 6. The van der Waals surface area contributed by atoms with Gasteiger partial charge in [0.1, 0.15) is 5.75 Å². The van der Waals surface area contributed by atoms with Gasteiger partial charge >= 0.3 is 0 Å². The van der Waals surface area contributed by atoms with Crippen LogP contribution in [0.3, 0.4) is 0 Å². The fourth-order valence-electron chi connectivity index (χ4n) is 6.69. The number of rotatable bonds is 2. The van der Waals surface area contributed by atoms with E-state index in [1.165, 1.54) is 39.1 Å². The van der Waals surface area contributed by atoms with Crippen LogP contribution in [0.25, 0.3) is 21.8 Å². The van der Waals surface area contributed by atoms with Crippen LogP contribution < -0.4 is 9.80 Å². The molecule has 6 heteroatoms. The van der Waals surface area contributed by atoms with Crippen LogP contribution in [0.1, 0.15) is 53.1 Å². The molecule has 0 aliphatic carbocycles. The number of ether oxygens (including phenoxy) is 1. The summed E-state index contributed by atoms with van der Waals surface area (Å²) in [7, 11) is 0. The van der Waals surface area contributed by atoms with Crippen LogP contribution in [0.2, 0.25) is 0 Å². The van der Waals surface area contributed by atoms with E-state index in [1.54, 1.807) is 0 Å². The Morgan fingerprint density at radius 3 is 2.00 bits per heavy atom. The van der Waals surface area contributed by atoms with Gasteiger partial charge < -0.3 is 19.6 Å². The second-order valence-electron chi connectivity index (χ2n) is 13.1. The second kappa shape index (κ2) is 11.4. The highest BCUT2D eigenvalue weighted by molar-refractivity contribution is 5.98. The zero-order valence-electron chi connectivity index (χ0n) is 27.4. The molecule has 228 valence electrons. The molecule has 0 amide bonds. The zero-order chi connectivity index (χ0) is 31.3. The van der Waals surface area contributed by atoms with Crippen molar-refractivity contribution >= 4 is 38.9 Å². The lowest BCUT2D eigenvalue weighted by Gasteiger charge is -2.30. The van der Waals surface area contributed by atoms with Gasteiger partial charge in [0.05, 0.1) is 29.9 Å². The summed E-state index contributed by atoms with van der Waals surface area (Å²) >= 11 is 0. The van der Waals surface area contributed by atoms with Crippen molar-refractivity contribution in [1.82, 2.24) is 9.97 Å². The molecule has 2 aliphatic rings. The van der Waals surface area contributed by atoms with Crippen molar-refractivity contribution in [3.05, 3.63) is 93.8 Å². The van der Waals surface area contributed by atoms with Crippen molar-refractivity contribution in [3.63, 3.8) is 0 Å². The topological polar surface area (TPSA) is 61.7 Å². The smallest absolute Gasteiger partial charge is 0.129 e. The van der Waals surface area contributed by atoms with Gasteiger partial charge in [0.2, 0.25) is 0 Å². The van der Waals surface area contributed by atoms with E-state index in [-0.39, 0.29) is 5.41 Å². The molecule has 2 aromatic heterocycles. The van der Waals surface area contributed by atoms with Crippen LogP contribution in [0.15, 0.2) is 54.6 Å². The van der Waals surface area contributed by atoms with Crippen LogP contribution in [0.4, 0.5) is 17.1 Å². The average Bonchev–Trinajstić information content (AvgIpc) is 3.28. The molecule has 4 heterocycles. The number of anilines is 3. The summed E-state index contributed by atoms with van der Waals surface area (Å²) in [6, 6.07) is 19.4. The van der Waals surface area contributed by atoms with E-state index in [0.29, 0.717) is 5.75 Å². The van der Waals surface area contributed by atoms with Gasteiger partial charge in [-0.2, -0.15) is 0 Å². The first kappa shape index (κ1) is 29.9. The van der Waals surface area contributed by atoms with Crippen molar-refractivity contribution < 1.29 is 9.84 Å². The van der Waals surface area contributed by atoms with E-state index in [4.69, 9.17) is 9.72 Å². The molecule has 0 atom stereocenters. The number of benzene rings is 3. The predicted octanol–water partition coefficient (Wildman–Crippen LogP) is 8.29. The number of aromatic hydroxyl groups is 1. The van der Waals surface area contributed by atoms with E-state index in [0.717, 1.165) is 71.8 Å². The first-order chi connectivity index (χ1) is 21.0. The van der Waals surface area contributed by atoms with E-state index in [9.17, 15) is 5.11 Å². The summed E-state index contributed by atoms with van der Waals surface area (Å²) < 4.78 is 5.57. The maximum Gasteiger partial charge on any atom is 0.129 e. The Morgan fingerprint density at radius 2 is 1.34 bits per heavy atom. The summed E-state index contributed by atoms with van der Waals surface area (Å²) in [5, 5.41) is 12.0. The molecule has 0 radical (unpaired) electrons. The molecule has 3 aromatic carbocycles. The molecule has 0 spiro atoms. The summed E-state index contributed by atoms with van der Waals surface area (Å²) in [5.74, 6) is 0.358. The number of nitrogens with zero attached hydrogens (tertiary/aromatic N) is 4. The zero-order valence-corrected chi connectivity index (χ0v) is 27.4. The summed E-state index contributed by atoms with van der Waals surface area (Å²) in [6.07, 6.45) is 0. The highest BCUT2D eigenvalue weighted by Gasteiger charge is 2.37. The molecule has 0 bridgehead atoms. The van der Waals surface area contributed by atoms with Crippen molar-refractivity contribution in [2.75, 3.05) is 42.6 Å². The fourth-order valence-corrected chi connectivity index (χ4v) is 6.69. The number of aryl methyl sites for hydroxylation is 4. The number of hydrogen-bond donors (Lipinski definition) is 1. The van der Waals surface area contributed by atoms with E-state index < -0.39 is 0 Å². The average molecular weight is 589 g/mol. The molecule has 1 fully saturated rings. The third-order valence-electron chi connectivity index (χ3n) is 9.54. The number of pyridine rings is 2. The Labute approximate surface area is 261 Å². The van der Waals surface area contributed by atoms with Crippen LogP contribution in [0, 0.1) is 41.5 Å². The first-order valence-corrected chi connectivity index (χ1v) is 15.6. The Morgan fingerprint density at radius 1 is 0.750 bits per heavy atom. The van der Waals surface area contributed by atoms with Crippen molar-refractivity contribution in [1.29, 1.82) is 0 Å². The summed E-state index contributed by atoms with van der Waals surface area (Å²) in [6.45, 7) is 21.5. The third kappa shape index (κ3) is 5.15. The molecular weight excluding hydrogens is 544 g/mol. The summed E-state index contributed by atoms with van der Waals surface area (Å²) in [4.78, 5) is 14.4. The van der Waals surface area contributed by atoms with Crippen molar-refractivity contribution in [3.8, 4) is 5.75 Å². The summed E-state index contributed by atoms with van der Waals surface area (Å²) in [5.41, 5.74) is 13.9. The third-order valence-corrected chi connectivity index (χ3v) is 9.54. The van der Waals surface area contributed by atoms with Gasteiger partial charge in [-0.3, -0.25) is 9.97 Å².